The predicted molar refractivity (Wildman–Crippen MR) is 85.2 cm³/mol. The first-order valence-corrected chi connectivity index (χ1v) is 7.30. The van der Waals surface area contributed by atoms with Crippen LogP contribution in [0, 0.1) is 0 Å². The maximum Gasteiger partial charge on any atom is 0.251 e. The van der Waals surface area contributed by atoms with Crippen molar-refractivity contribution in [2.75, 3.05) is 6.61 Å². The van der Waals surface area contributed by atoms with Gasteiger partial charge in [0, 0.05) is 12.1 Å². The second-order valence-corrected chi connectivity index (χ2v) is 5.21. The molecular formula is C16H15Cl2NO2. The molecule has 0 spiro atoms. The predicted octanol–water partition coefficient (Wildman–Crippen LogP) is 4.32. The second kappa shape index (κ2) is 7.34. The van der Waals surface area contributed by atoms with Gasteiger partial charge < -0.3 is 10.1 Å². The Hall–Kier alpha value is -1.71. The van der Waals surface area contributed by atoms with Crippen LogP contribution >= 0.6 is 23.2 Å². The van der Waals surface area contributed by atoms with Gasteiger partial charge in [0.15, 0.2) is 0 Å². The summed E-state index contributed by atoms with van der Waals surface area (Å²) in [4.78, 5) is 12.0. The summed E-state index contributed by atoms with van der Waals surface area (Å²) in [5, 5.41) is 3.63. The summed E-state index contributed by atoms with van der Waals surface area (Å²) in [7, 11) is 0. The van der Waals surface area contributed by atoms with Gasteiger partial charge in [0.2, 0.25) is 0 Å². The van der Waals surface area contributed by atoms with Crippen molar-refractivity contribution in [3.8, 4) is 5.75 Å². The highest BCUT2D eigenvalue weighted by Gasteiger charge is 2.08. The smallest absolute Gasteiger partial charge is 0.251 e. The fourth-order valence-electron chi connectivity index (χ4n) is 1.83. The number of carbonyl (C=O) groups excluding carboxylic acids is 1. The van der Waals surface area contributed by atoms with E-state index in [0.717, 1.165) is 11.3 Å². The van der Waals surface area contributed by atoms with Crippen LogP contribution in [0.2, 0.25) is 10.0 Å². The van der Waals surface area contributed by atoms with Crippen LogP contribution in [0.5, 0.6) is 5.75 Å². The fourth-order valence-corrected chi connectivity index (χ4v) is 2.13. The molecule has 2 rings (SSSR count). The van der Waals surface area contributed by atoms with E-state index in [-0.39, 0.29) is 5.91 Å². The van der Waals surface area contributed by atoms with Crippen molar-refractivity contribution in [1.82, 2.24) is 5.32 Å². The molecule has 0 saturated heterocycles. The first-order chi connectivity index (χ1) is 10.1. The van der Waals surface area contributed by atoms with E-state index < -0.39 is 0 Å². The average molecular weight is 324 g/mol. The molecule has 0 saturated carbocycles. The lowest BCUT2D eigenvalue weighted by Crippen LogP contribution is -2.22. The normalized spacial score (nSPS) is 10.2. The highest BCUT2D eigenvalue weighted by molar-refractivity contribution is 6.42. The number of carbonyl (C=O) groups is 1. The largest absolute Gasteiger partial charge is 0.494 e. The van der Waals surface area contributed by atoms with Crippen molar-refractivity contribution < 1.29 is 9.53 Å². The van der Waals surface area contributed by atoms with E-state index in [1.807, 2.05) is 31.2 Å². The van der Waals surface area contributed by atoms with Crippen molar-refractivity contribution in [3.63, 3.8) is 0 Å². The molecule has 0 unspecified atom stereocenters. The zero-order chi connectivity index (χ0) is 15.2. The van der Waals surface area contributed by atoms with Crippen molar-refractivity contribution >= 4 is 29.1 Å². The van der Waals surface area contributed by atoms with Gasteiger partial charge in [0.1, 0.15) is 5.75 Å². The molecule has 0 fully saturated rings. The zero-order valence-electron chi connectivity index (χ0n) is 11.5. The molecule has 3 nitrogen and oxygen atoms in total. The molecule has 0 aliphatic heterocycles. The molecule has 5 heteroatoms. The molecule has 0 heterocycles. The lowest BCUT2D eigenvalue weighted by molar-refractivity contribution is 0.0951. The van der Waals surface area contributed by atoms with Gasteiger partial charge >= 0.3 is 0 Å². The first kappa shape index (κ1) is 15.7. The van der Waals surface area contributed by atoms with Crippen LogP contribution in [0.15, 0.2) is 42.5 Å². The Kier molecular flexibility index (Phi) is 5.48. The van der Waals surface area contributed by atoms with Crippen molar-refractivity contribution in [1.29, 1.82) is 0 Å². The number of ether oxygens (including phenoxy) is 1. The van der Waals surface area contributed by atoms with E-state index in [1.54, 1.807) is 18.2 Å². The molecule has 2 aromatic carbocycles. The monoisotopic (exact) mass is 323 g/mol. The van der Waals surface area contributed by atoms with Gasteiger partial charge in [0.05, 0.1) is 16.7 Å². The summed E-state index contributed by atoms with van der Waals surface area (Å²) in [6.07, 6.45) is 0. The lowest BCUT2D eigenvalue weighted by atomic mass is 10.2. The molecule has 110 valence electrons. The van der Waals surface area contributed by atoms with Crippen LogP contribution in [0.25, 0.3) is 0 Å². The lowest BCUT2D eigenvalue weighted by Gasteiger charge is -2.08. The first-order valence-electron chi connectivity index (χ1n) is 6.55. The Morgan fingerprint density at radius 3 is 2.67 bits per heavy atom. The molecule has 0 radical (unpaired) electrons. The second-order valence-electron chi connectivity index (χ2n) is 4.39. The van der Waals surface area contributed by atoms with E-state index in [4.69, 9.17) is 27.9 Å². The third kappa shape index (κ3) is 4.38. The van der Waals surface area contributed by atoms with E-state index in [9.17, 15) is 4.79 Å². The van der Waals surface area contributed by atoms with Crippen LogP contribution in [-0.4, -0.2) is 12.5 Å². The topological polar surface area (TPSA) is 38.3 Å². The molecule has 0 bridgehead atoms. The van der Waals surface area contributed by atoms with E-state index >= 15 is 0 Å². The third-order valence-corrected chi connectivity index (χ3v) is 3.58. The molecule has 0 aliphatic carbocycles. The quantitative estimate of drug-likeness (QED) is 0.889. The van der Waals surface area contributed by atoms with Crippen LogP contribution < -0.4 is 10.1 Å². The number of halogens is 2. The SMILES string of the molecule is CCOc1cccc(CNC(=O)c2ccc(Cl)c(Cl)c2)c1. The minimum atomic E-state index is -0.199. The van der Waals surface area contributed by atoms with Gasteiger partial charge in [-0.15, -0.1) is 0 Å². The summed E-state index contributed by atoms with van der Waals surface area (Å²) in [5.41, 5.74) is 1.44. The van der Waals surface area contributed by atoms with Crippen LogP contribution in [-0.2, 0) is 6.54 Å². The summed E-state index contributed by atoms with van der Waals surface area (Å²) < 4.78 is 5.42. The van der Waals surface area contributed by atoms with Gasteiger partial charge in [-0.1, -0.05) is 35.3 Å². The van der Waals surface area contributed by atoms with Gasteiger partial charge in [-0.3, -0.25) is 4.79 Å². The van der Waals surface area contributed by atoms with Crippen LogP contribution in [0.3, 0.4) is 0 Å². The highest BCUT2D eigenvalue weighted by atomic mass is 35.5. The summed E-state index contributed by atoms with van der Waals surface area (Å²) in [6.45, 7) is 2.96. The van der Waals surface area contributed by atoms with Crippen molar-refractivity contribution in [3.05, 3.63) is 63.6 Å². The van der Waals surface area contributed by atoms with Gasteiger partial charge in [-0.2, -0.15) is 0 Å². The summed E-state index contributed by atoms with van der Waals surface area (Å²) in [6, 6.07) is 12.4. The minimum Gasteiger partial charge on any atom is -0.494 e. The number of rotatable bonds is 5. The molecule has 0 aromatic heterocycles. The van der Waals surface area contributed by atoms with E-state index in [1.165, 1.54) is 0 Å². The van der Waals surface area contributed by atoms with E-state index in [2.05, 4.69) is 5.32 Å². The van der Waals surface area contributed by atoms with Crippen LogP contribution in [0.4, 0.5) is 0 Å². The van der Waals surface area contributed by atoms with Crippen molar-refractivity contribution in [2.24, 2.45) is 0 Å². The molecule has 2 aromatic rings. The molecule has 1 N–H and O–H groups in total. The van der Waals surface area contributed by atoms with Gasteiger partial charge in [-0.05, 0) is 42.8 Å². The Labute approximate surface area is 133 Å². The summed E-state index contributed by atoms with van der Waals surface area (Å²) >= 11 is 11.7. The average Bonchev–Trinajstić information content (AvgIpc) is 2.48. The molecular weight excluding hydrogens is 309 g/mol. The molecule has 1 amide bonds. The minimum absolute atomic E-state index is 0.199. The Bertz CT molecular complexity index is 644. The third-order valence-electron chi connectivity index (χ3n) is 2.84. The van der Waals surface area contributed by atoms with E-state index in [0.29, 0.717) is 28.8 Å². The number of hydrogen-bond acceptors (Lipinski definition) is 2. The Morgan fingerprint density at radius 2 is 1.95 bits per heavy atom. The van der Waals surface area contributed by atoms with Gasteiger partial charge in [-0.25, -0.2) is 0 Å². The van der Waals surface area contributed by atoms with Crippen molar-refractivity contribution in [2.45, 2.75) is 13.5 Å². The highest BCUT2D eigenvalue weighted by Crippen LogP contribution is 2.22. The standard InChI is InChI=1S/C16H15Cl2NO2/c1-2-21-13-5-3-4-11(8-13)10-19-16(20)12-6-7-14(17)15(18)9-12/h3-9H,2,10H2,1H3,(H,19,20). The number of hydrogen-bond donors (Lipinski definition) is 1. The summed E-state index contributed by atoms with van der Waals surface area (Å²) in [5.74, 6) is 0.592. The molecule has 0 atom stereocenters. The van der Waals surface area contributed by atoms with Crippen LogP contribution in [0.1, 0.15) is 22.8 Å². The maximum atomic E-state index is 12.0. The molecule has 21 heavy (non-hydrogen) atoms. The number of nitrogens with one attached hydrogen (secondary N) is 1. The maximum absolute atomic E-state index is 12.0. The Balaban J connectivity index is 2.00. The fraction of sp³-hybridized carbons (Fsp3) is 0.188. The number of amides is 1. The number of benzene rings is 2. The van der Waals surface area contributed by atoms with Gasteiger partial charge in [0.25, 0.3) is 5.91 Å². The molecule has 0 aliphatic rings. The Morgan fingerprint density at radius 1 is 1.14 bits per heavy atom. The zero-order valence-corrected chi connectivity index (χ0v) is 13.0.